The molecule has 1 aliphatic rings. The Kier molecular flexibility index (Phi) is 5.15. The molecule has 102 valence electrons. The Morgan fingerprint density at radius 2 is 2.50 bits per heavy atom. The number of thiazole rings is 1. The Morgan fingerprint density at radius 3 is 3.17 bits per heavy atom. The first-order chi connectivity index (χ1) is 8.80. The van der Waals surface area contributed by atoms with Gasteiger partial charge in [-0.3, -0.25) is 0 Å². The average molecular weight is 268 g/mol. The Labute approximate surface area is 114 Å². The molecule has 1 N–H and O–H groups in total. The fraction of sp³-hybridized carbons (Fsp3) is 0.786. The molecule has 1 aromatic heterocycles. The molecule has 0 saturated heterocycles. The summed E-state index contributed by atoms with van der Waals surface area (Å²) >= 11 is 1.78. The van der Waals surface area contributed by atoms with Gasteiger partial charge in [0.05, 0.1) is 12.1 Å². The molecule has 2 rings (SSSR count). The van der Waals surface area contributed by atoms with E-state index in [-0.39, 0.29) is 5.54 Å². The lowest BCUT2D eigenvalue weighted by Crippen LogP contribution is -2.47. The zero-order valence-corrected chi connectivity index (χ0v) is 12.3. The van der Waals surface area contributed by atoms with Gasteiger partial charge < -0.3 is 10.1 Å². The molecule has 2 unspecified atom stereocenters. The topological polar surface area (TPSA) is 34.1 Å². The van der Waals surface area contributed by atoms with Crippen molar-refractivity contribution in [2.45, 2.75) is 44.6 Å². The molecule has 3 nitrogen and oxygen atoms in total. The van der Waals surface area contributed by atoms with Gasteiger partial charge in [0.15, 0.2) is 0 Å². The molecule has 0 aromatic carbocycles. The summed E-state index contributed by atoms with van der Waals surface area (Å²) in [5, 5.41) is 7.07. The normalized spacial score (nSPS) is 28.4. The first-order valence-corrected chi connectivity index (χ1v) is 7.82. The third-order valence-corrected chi connectivity index (χ3v) is 5.02. The summed E-state index contributed by atoms with van der Waals surface area (Å²) in [5.74, 6) is 0.831. The highest BCUT2D eigenvalue weighted by Gasteiger charge is 2.38. The molecule has 1 aromatic rings. The van der Waals surface area contributed by atoms with Crippen LogP contribution in [0.15, 0.2) is 11.6 Å². The van der Waals surface area contributed by atoms with Crippen molar-refractivity contribution in [3.8, 4) is 0 Å². The van der Waals surface area contributed by atoms with E-state index in [1.807, 2.05) is 6.20 Å². The van der Waals surface area contributed by atoms with E-state index in [0.29, 0.717) is 0 Å². The molecule has 18 heavy (non-hydrogen) atoms. The molecule has 0 aliphatic heterocycles. The number of nitrogens with one attached hydrogen (secondary N) is 1. The summed E-state index contributed by atoms with van der Waals surface area (Å²) in [6, 6.07) is 0. The Balaban J connectivity index is 2.11. The minimum atomic E-state index is 0.103. The number of hydrogen-bond donors (Lipinski definition) is 1. The smallest absolute Gasteiger partial charge is 0.113 e. The monoisotopic (exact) mass is 268 g/mol. The largest absolute Gasteiger partial charge is 0.383 e. The first-order valence-electron chi connectivity index (χ1n) is 6.94. The summed E-state index contributed by atoms with van der Waals surface area (Å²) in [5.41, 5.74) is 0.103. The number of aromatic nitrogens is 1. The van der Waals surface area contributed by atoms with Crippen molar-refractivity contribution in [3.05, 3.63) is 16.6 Å². The van der Waals surface area contributed by atoms with E-state index >= 15 is 0 Å². The van der Waals surface area contributed by atoms with Crippen LogP contribution in [0.3, 0.4) is 0 Å². The van der Waals surface area contributed by atoms with Crippen LogP contribution in [0.1, 0.15) is 44.0 Å². The summed E-state index contributed by atoms with van der Waals surface area (Å²) in [7, 11) is 1.76. The molecule has 0 spiro atoms. The third-order valence-electron chi connectivity index (χ3n) is 4.04. The predicted octanol–water partition coefficient (Wildman–Crippen LogP) is 3.17. The molecule has 1 saturated carbocycles. The second kappa shape index (κ2) is 6.64. The zero-order valence-electron chi connectivity index (χ0n) is 11.4. The molecule has 0 bridgehead atoms. The highest BCUT2D eigenvalue weighted by Crippen LogP contribution is 2.41. The van der Waals surface area contributed by atoms with Gasteiger partial charge >= 0.3 is 0 Å². The highest BCUT2D eigenvalue weighted by molar-refractivity contribution is 7.09. The lowest BCUT2D eigenvalue weighted by atomic mass is 9.75. The molecular formula is C14H24N2OS. The van der Waals surface area contributed by atoms with E-state index in [1.54, 1.807) is 18.4 Å². The van der Waals surface area contributed by atoms with Gasteiger partial charge in [-0.2, -0.15) is 0 Å². The van der Waals surface area contributed by atoms with Crippen LogP contribution in [-0.2, 0) is 10.3 Å². The van der Waals surface area contributed by atoms with Crippen LogP contribution in [0, 0.1) is 5.92 Å². The molecule has 2 atom stereocenters. The van der Waals surface area contributed by atoms with Crippen LogP contribution >= 0.6 is 11.3 Å². The summed E-state index contributed by atoms with van der Waals surface area (Å²) in [6.07, 6.45) is 8.31. The Hall–Kier alpha value is -0.450. The highest BCUT2D eigenvalue weighted by atomic mass is 32.1. The predicted molar refractivity (Wildman–Crippen MR) is 75.9 cm³/mol. The lowest BCUT2D eigenvalue weighted by molar-refractivity contribution is 0.143. The first kappa shape index (κ1) is 14.0. The van der Waals surface area contributed by atoms with Gasteiger partial charge in [-0.15, -0.1) is 11.3 Å². The number of rotatable bonds is 6. The molecule has 1 heterocycles. The molecule has 4 heteroatoms. The van der Waals surface area contributed by atoms with Crippen molar-refractivity contribution in [2.75, 3.05) is 20.3 Å². The zero-order chi connectivity index (χ0) is 12.8. The van der Waals surface area contributed by atoms with E-state index in [4.69, 9.17) is 4.74 Å². The van der Waals surface area contributed by atoms with Gasteiger partial charge in [0, 0.05) is 25.2 Å². The summed E-state index contributed by atoms with van der Waals surface area (Å²) in [6.45, 7) is 3.98. The molecule has 1 fully saturated rings. The summed E-state index contributed by atoms with van der Waals surface area (Å²) < 4.78 is 5.17. The molecular weight excluding hydrogens is 244 g/mol. The van der Waals surface area contributed by atoms with Crippen molar-refractivity contribution in [1.29, 1.82) is 0 Å². The SMILES string of the molecule is CCC1CCCC(NCCOC)(c2nccs2)C1. The Morgan fingerprint density at radius 1 is 1.61 bits per heavy atom. The maximum atomic E-state index is 5.17. The quantitative estimate of drug-likeness (QED) is 0.805. The van der Waals surface area contributed by atoms with Crippen LogP contribution in [-0.4, -0.2) is 25.2 Å². The third kappa shape index (κ3) is 3.11. The van der Waals surface area contributed by atoms with E-state index in [2.05, 4.69) is 22.6 Å². The van der Waals surface area contributed by atoms with Gasteiger partial charge in [-0.1, -0.05) is 26.2 Å². The van der Waals surface area contributed by atoms with Crippen molar-refractivity contribution in [1.82, 2.24) is 10.3 Å². The van der Waals surface area contributed by atoms with E-state index in [9.17, 15) is 0 Å². The minimum Gasteiger partial charge on any atom is -0.383 e. The van der Waals surface area contributed by atoms with Crippen molar-refractivity contribution in [3.63, 3.8) is 0 Å². The van der Waals surface area contributed by atoms with Crippen LogP contribution in [0.5, 0.6) is 0 Å². The van der Waals surface area contributed by atoms with Crippen molar-refractivity contribution >= 4 is 11.3 Å². The lowest BCUT2D eigenvalue weighted by Gasteiger charge is -2.40. The second-order valence-electron chi connectivity index (χ2n) is 5.21. The summed E-state index contributed by atoms with van der Waals surface area (Å²) in [4.78, 5) is 4.57. The van der Waals surface area contributed by atoms with E-state index < -0.39 is 0 Å². The van der Waals surface area contributed by atoms with Gasteiger partial charge in [0.25, 0.3) is 0 Å². The second-order valence-corrected chi connectivity index (χ2v) is 6.10. The maximum absolute atomic E-state index is 5.17. The number of methoxy groups -OCH3 is 1. The maximum Gasteiger partial charge on any atom is 0.113 e. The van der Waals surface area contributed by atoms with Gasteiger partial charge in [-0.05, 0) is 18.8 Å². The van der Waals surface area contributed by atoms with Gasteiger partial charge in [-0.25, -0.2) is 4.98 Å². The van der Waals surface area contributed by atoms with Crippen LogP contribution < -0.4 is 5.32 Å². The fourth-order valence-corrected chi connectivity index (χ4v) is 3.88. The fourth-order valence-electron chi connectivity index (χ4n) is 3.02. The van der Waals surface area contributed by atoms with E-state index in [0.717, 1.165) is 19.1 Å². The minimum absolute atomic E-state index is 0.103. The standard InChI is InChI=1S/C14H24N2OS/c1-3-12-5-4-6-14(11-12,16-7-9-17-2)13-15-8-10-18-13/h8,10,12,16H,3-7,9,11H2,1-2H3. The average Bonchev–Trinajstić information content (AvgIpc) is 2.94. The molecule has 0 amide bonds. The van der Waals surface area contributed by atoms with Crippen molar-refractivity contribution in [2.24, 2.45) is 5.92 Å². The van der Waals surface area contributed by atoms with Gasteiger partial charge in [0.2, 0.25) is 0 Å². The Bertz CT molecular complexity index is 342. The van der Waals surface area contributed by atoms with Crippen LogP contribution in [0.25, 0.3) is 0 Å². The number of hydrogen-bond acceptors (Lipinski definition) is 4. The van der Waals surface area contributed by atoms with E-state index in [1.165, 1.54) is 37.1 Å². The molecule has 0 radical (unpaired) electrons. The van der Waals surface area contributed by atoms with Crippen LogP contribution in [0.2, 0.25) is 0 Å². The number of ether oxygens (including phenoxy) is 1. The van der Waals surface area contributed by atoms with Crippen LogP contribution in [0.4, 0.5) is 0 Å². The van der Waals surface area contributed by atoms with Crippen molar-refractivity contribution < 1.29 is 4.74 Å². The molecule has 1 aliphatic carbocycles. The van der Waals surface area contributed by atoms with Gasteiger partial charge in [0.1, 0.15) is 5.01 Å². The number of nitrogens with zero attached hydrogens (tertiary/aromatic N) is 1.